The Morgan fingerprint density at radius 1 is 0.912 bits per heavy atom. The van der Waals surface area contributed by atoms with Crippen LogP contribution in [0.4, 0.5) is 0 Å². The summed E-state index contributed by atoms with van der Waals surface area (Å²) in [5, 5.41) is 21.3. The van der Waals surface area contributed by atoms with Gasteiger partial charge in [0.1, 0.15) is 5.78 Å². The normalized spacial score (nSPS) is 54.1. The Bertz CT molecular complexity index is 965. The second kappa shape index (κ2) is 6.99. The highest BCUT2D eigenvalue weighted by Gasteiger charge is 2.69. The lowest BCUT2D eigenvalue weighted by molar-refractivity contribution is -0.193. The van der Waals surface area contributed by atoms with E-state index < -0.39 is 17.5 Å². The van der Waals surface area contributed by atoms with E-state index in [1.54, 1.807) is 0 Å². The van der Waals surface area contributed by atoms with E-state index in [9.17, 15) is 19.8 Å². The molecule has 9 atom stereocenters. The van der Waals surface area contributed by atoms with Crippen molar-refractivity contribution in [1.29, 1.82) is 0 Å². The minimum Gasteiger partial charge on any atom is -0.481 e. The Morgan fingerprint density at radius 2 is 1.59 bits per heavy atom. The average Bonchev–Trinajstić information content (AvgIpc) is 2.73. The van der Waals surface area contributed by atoms with Crippen molar-refractivity contribution in [1.82, 2.24) is 0 Å². The molecule has 5 aliphatic carbocycles. The van der Waals surface area contributed by atoms with Crippen molar-refractivity contribution in [2.75, 3.05) is 0 Å². The third-order valence-electron chi connectivity index (χ3n) is 13.2. The van der Waals surface area contributed by atoms with Crippen molar-refractivity contribution in [3.05, 3.63) is 11.6 Å². The third-order valence-corrected chi connectivity index (χ3v) is 13.2. The van der Waals surface area contributed by atoms with E-state index >= 15 is 0 Å². The predicted molar refractivity (Wildman–Crippen MR) is 133 cm³/mol. The number of carboxylic acids is 1. The first-order chi connectivity index (χ1) is 15.6. The highest BCUT2D eigenvalue weighted by Crippen LogP contribution is 2.75. The second-order valence-corrected chi connectivity index (χ2v) is 14.8. The Morgan fingerprint density at radius 3 is 2.24 bits per heavy atom. The third kappa shape index (κ3) is 2.75. The molecule has 34 heavy (non-hydrogen) atoms. The van der Waals surface area contributed by atoms with Crippen molar-refractivity contribution < 1.29 is 19.8 Å². The van der Waals surface area contributed by atoms with Gasteiger partial charge in [-0.05, 0) is 92.3 Å². The fraction of sp³-hybridized carbons (Fsp3) is 0.867. The smallest absolute Gasteiger partial charge is 0.309 e. The maximum atomic E-state index is 12.9. The molecule has 0 aromatic heterocycles. The van der Waals surface area contributed by atoms with Crippen LogP contribution in [0.5, 0.6) is 0 Å². The van der Waals surface area contributed by atoms with Gasteiger partial charge in [-0.15, -0.1) is 0 Å². The molecule has 0 aromatic carbocycles. The molecule has 0 aromatic rings. The van der Waals surface area contributed by atoms with Gasteiger partial charge in [-0.2, -0.15) is 0 Å². The van der Waals surface area contributed by atoms with Gasteiger partial charge in [-0.25, -0.2) is 0 Å². The molecule has 4 nitrogen and oxygen atoms in total. The van der Waals surface area contributed by atoms with E-state index in [2.05, 4.69) is 47.6 Å². The summed E-state index contributed by atoms with van der Waals surface area (Å²) < 4.78 is 0. The minimum absolute atomic E-state index is 0.0101. The number of carboxylic acid groups (broad SMARTS) is 1. The number of aliphatic hydroxyl groups excluding tert-OH is 1. The first kappa shape index (κ1) is 24.5. The Hall–Kier alpha value is -1.16. The maximum absolute atomic E-state index is 12.9. The van der Waals surface area contributed by atoms with Crippen molar-refractivity contribution in [3.63, 3.8) is 0 Å². The van der Waals surface area contributed by atoms with Gasteiger partial charge in [0, 0.05) is 17.3 Å². The zero-order chi connectivity index (χ0) is 25.1. The number of carbonyl (C=O) groups is 2. The highest BCUT2D eigenvalue weighted by molar-refractivity contribution is 5.85. The van der Waals surface area contributed by atoms with Gasteiger partial charge in [-0.1, -0.05) is 53.2 Å². The van der Waals surface area contributed by atoms with Gasteiger partial charge < -0.3 is 10.2 Å². The summed E-state index contributed by atoms with van der Waals surface area (Å²) in [6.45, 7) is 15.9. The van der Waals surface area contributed by atoms with Crippen molar-refractivity contribution in [3.8, 4) is 0 Å². The molecular formula is C30H46O4. The number of aliphatic carboxylic acids is 1. The van der Waals surface area contributed by atoms with Crippen LogP contribution in [0, 0.1) is 50.2 Å². The quantitative estimate of drug-likeness (QED) is 0.434. The highest BCUT2D eigenvalue weighted by atomic mass is 16.4. The second-order valence-electron chi connectivity index (χ2n) is 14.8. The van der Waals surface area contributed by atoms with E-state index in [4.69, 9.17) is 0 Å². The zero-order valence-electron chi connectivity index (χ0n) is 22.5. The number of allylic oxidation sites excluding steroid dienone is 2. The van der Waals surface area contributed by atoms with Crippen LogP contribution in [0.15, 0.2) is 11.6 Å². The molecule has 4 heteroatoms. The molecular weight excluding hydrogens is 424 g/mol. The maximum Gasteiger partial charge on any atom is 0.309 e. The molecule has 5 aliphatic rings. The number of hydrogen-bond donors (Lipinski definition) is 2. The summed E-state index contributed by atoms with van der Waals surface area (Å²) in [6, 6.07) is 0. The van der Waals surface area contributed by atoms with Crippen LogP contribution in [-0.2, 0) is 9.59 Å². The van der Waals surface area contributed by atoms with Crippen LogP contribution < -0.4 is 0 Å². The summed E-state index contributed by atoms with van der Waals surface area (Å²) in [6.07, 6.45) is 9.84. The summed E-state index contributed by atoms with van der Waals surface area (Å²) in [4.78, 5) is 25.2. The molecule has 0 radical (unpaired) electrons. The topological polar surface area (TPSA) is 74.6 Å². The van der Waals surface area contributed by atoms with E-state index in [1.807, 2.05) is 6.92 Å². The van der Waals surface area contributed by atoms with Gasteiger partial charge >= 0.3 is 5.97 Å². The fourth-order valence-corrected chi connectivity index (χ4v) is 10.5. The van der Waals surface area contributed by atoms with E-state index in [-0.39, 0.29) is 33.0 Å². The van der Waals surface area contributed by atoms with Crippen molar-refractivity contribution in [2.45, 2.75) is 112 Å². The lowest BCUT2D eigenvalue weighted by Crippen LogP contribution is -2.65. The lowest BCUT2D eigenvalue weighted by Gasteiger charge is -2.71. The SMILES string of the molecule is CC1(C(=O)O)CC(O)[C@]2(C)CC[C@]3(C)C(=CC[C@@H]4[C@@]5(C)CCC(=O)C(C)(C)C5CC[C@]43C)[C@H]2C1. The number of hydrogen-bond acceptors (Lipinski definition) is 3. The van der Waals surface area contributed by atoms with Gasteiger partial charge in [0.2, 0.25) is 0 Å². The average molecular weight is 471 g/mol. The summed E-state index contributed by atoms with van der Waals surface area (Å²) in [5.74, 6) is 0.740. The summed E-state index contributed by atoms with van der Waals surface area (Å²) >= 11 is 0. The molecule has 0 saturated heterocycles. The molecule has 0 bridgehead atoms. The lowest BCUT2D eigenvalue weighted by atomic mass is 9.33. The molecule has 4 saturated carbocycles. The summed E-state index contributed by atoms with van der Waals surface area (Å²) in [7, 11) is 0. The van der Waals surface area contributed by atoms with Crippen LogP contribution in [0.3, 0.4) is 0 Å². The van der Waals surface area contributed by atoms with E-state index in [1.165, 1.54) is 5.57 Å². The zero-order valence-corrected chi connectivity index (χ0v) is 22.5. The first-order valence-electron chi connectivity index (χ1n) is 13.7. The standard InChI is InChI=1S/C30H46O4/c1-25(2)20-10-13-30(7)21(28(20,5)12-11-22(25)31)9-8-18-19-16-26(3,24(33)34)17-23(32)27(19,4)14-15-29(18,30)6/h8,19-21,23,32H,9-17H2,1-7H3,(H,33,34)/t19-,20?,21-,23?,26?,27-,28+,29-,30-/m1/s1. The molecule has 0 heterocycles. The van der Waals surface area contributed by atoms with Crippen LogP contribution in [0.25, 0.3) is 0 Å². The van der Waals surface area contributed by atoms with Gasteiger partial charge in [0.05, 0.1) is 11.5 Å². The molecule has 5 rings (SSSR count). The first-order valence-corrected chi connectivity index (χ1v) is 13.7. The largest absolute Gasteiger partial charge is 0.481 e. The molecule has 0 amide bonds. The molecule has 0 spiro atoms. The van der Waals surface area contributed by atoms with Crippen LogP contribution in [0.1, 0.15) is 106 Å². The number of rotatable bonds is 1. The monoisotopic (exact) mass is 470 g/mol. The van der Waals surface area contributed by atoms with Crippen LogP contribution >= 0.6 is 0 Å². The van der Waals surface area contributed by atoms with Crippen molar-refractivity contribution >= 4 is 11.8 Å². The number of carbonyl (C=O) groups excluding carboxylic acids is 1. The van der Waals surface area contributed by atoms with E-state index in [0.717, 1.165) is 38.5 Å². The van der Waals surface area contributed by atoms with Crippen molar-refractivity contribution in [2.24, 2.45) is 50.2 Å². The number of ketones is 1. The van der Waals surface area contributed by atoms with Gasteiger partial charge in [-0.3, -0.25) is 9.59 Å². The number of Topliss-reactive ketones (excluding diaryl/α,β-unsaturated/α-hetero) is 1. The Labute approximate surface area is 206 Å². The minimum atomic E-state index is -0.877. The van der Waals surface area contributed by atoms with Crippen LogP contribution in [-0.4, -0.2) is 28.1 Å². The van der Waals surface area contributed by atoms with Crippen LogP contribution in [0.2, 0.25) is 0 Å². The molecule has 2 N–H and O–H groups in total. The van der Waals surface area contributed by atoms with E-state index in [0.29, 0.717) is 36.9 Å². The Kier molecular flexibility index (Phi) is 5.04. The number of fused-ring (bicyclic) bond motifs is 7. The number of aliphatic hydroxyl groups is 1. The predicted octanol–water partition coefficient (Wildman–Crippen LogP) is 6.41. The Balaban J connectivity index is 1.59. The molecule has 190 valence electrons. The fourth-order valence-electron chi connectivity index (χ4n) is 10.5. The molecule has 4 fully saturated rings. The molecule has 0 aliphatic heterocycles. The van der Waals surface area contributed by atoms with Gasteiger partial charge in [0.15, 0.2) is 0 Å². The molecule has 3 unspecified atom stereocenters. The van der Waals surface area contributed by atoms with Gasteiger partial charge in [0.25, 0.3) is 0 Å². The summed E-state index contributed by atoms with van der Waals surface area (Å²) in [5.41, 5.74) is 0.360.